The van der Waals surface area contributed by atoms with Gasteiger partial charge in [-0.05, 0) is 5.41 Å². The average Bonchev–Trinajstić information content (AvgIpc) is 1.84. The van der Waals surface area contributed by atoms with E-state index in [9.17, 15) is 4.79 Å². The molecule has 1 atom stereocenters. The summed E-state index contributed by atoms with van der Waals surface area (Å²) in [5, 5.41) is 0. The van der Waals surface area contributed by atoms with Crippen LogP contribution in [0.1, 0.15) is 34.6 Å². The van der Waals surface area contributed by atoms with Gasteiger partial charge in [-0.15, -0.1) is 0 Å². The van der Waals surface area contributed by atoms with Crippen molar-refractivity contribution in [1.29, 1.82) is 0 Å². The molecule has 1 unspecified atom stereocenters. The molecule has 0 bridgehead atoms. The van der Waals surface area contributed by atoms with Crippen molar-refractivity contribution < 1.29 is 4.79 Å². The standard InChI is InChI=1S/C9H16O/c1-6-7(10)9(4,5)8(6,2)3/h6H,1-5H3. The van der Waals surface area contributed by atoms with E-state index in [1.807, 2.05) is 20.8 Å². The van der Waals surface area contributed by atoms with Crippen LogP contribution in [0.4, 0.5) is 0 Å². The Hall–Kier alpha value is -0.330. The largest absolute Gasteiger partial charge is 0.299 e. The number of hydrogen-bond acceptors (Lipinski definition) is 1. The zero-order chi connectivity index (χ0) is 8.15. The maximum Gasteiger partial charge on any atom is 0.142 e. The Kier molecular flexibility index (Phi) is 1.27. The zero-order valence-corrected chi connectivity index (χ0v) is 7.49. The van der Waals surface area contributed by atoms with Crippen LogP contribution in [0.25, 0.3) is 0 Å². The van der Waals surface area contributed by atoms with Gasteiger partial charge in [0.25, 0.3) is 0 Å². The number of carbonyl (C=O) groups excluding carboxylic acids is 1. The molecule has 0 aliphatic heterocycles. The second-order valence-electron chi connectivity index (χ2n) is 4.43. The molecule has 0 heterocycles. The van der Waals surface area contributed by atoms with Crippen LogP contribution in [-0.4, -0.2) is 5.78 Å². The second kappa shape index (κ2) is 1.63. The summed E-state index contributed by atoms with van der Waals surface area (Å²) >= 11 is 0. The number of carbonyl (C=O) groups is 1. The van der Waals surface area contributed by atoms with Gasteiger partial charge in [0.15, 0.2) is 0 Å². The Morgan fingerprint density at radius 1 is 1.20 bits per heavy atom. The van der Waals surface area contributed by atoms with E-state index in [4.69, 9.17) is 0 Å². The average molecular weight is 140 g/mol. The first-order valence-electron chi connectivity index (χ1n) is 3.86. The summed E-state index contributed by atoms with van der Waals surface area (Å²) in [5.41, 5.74) is 0.108. The lowest BCUT2D eigenvalue weighted by Crippen LogP contribution is -2.59. The Morgan fingerprint density at radius 3 is 1.70 bits per heavy atom. The van der Waals surface area contributed by atoms with Crippen molar-refractivity contribution in [1.82, 2.24) is 0 Å². The minimum absolute atomic E-state index is 0.0909. The molecule has 1 aliphatic rings. The number of hydrogen-bond donors (Lipinski definition) is 0. The summed E-state index contributed by atoms with van der Waals surface area (Å²) in [4.78, 5) is 11.3. The lowest BCUT2D eigenvalue weighted by atomic mass is 9.46. The SMILES string of the molecule is CC1C(=O)C(C)(C)C1(C)C. The van der Waals surface area contributed by atoms with Crippen molar-refractivity contribution in [3.05, 3.63) is 0 Å². The van der Waals surface area contributed by atoms with E-state index < -0.39 is 0 Å². The molecular formula is C9H16O. The summed E-state index contributed by atoms with van der Waals surface area (Å²) in [6.07, 6.45) is 0. The minimum Gasteiger partial charge on any atom is -0.299 e. The van der Waals surface area contributed by atoms with E-state index in [-0.39, 0.29) is 16.7 Å². The molecule has 0 amide bonds. The van der Waals surface area contributed by atoms with E-state index in [0.717, 1.165) is 0 Å². The third-order valence-electron chi connectivity index (χ3n) is 3.70. The van der Waals surface area contributed by atoms with Crippen LogP contribution in [0, 0.1) is 16.7 Å². The molecule has 1 fully saturated rings. The van der Waals surface area contributed by atoms with Crippen molar-refractivity contribution in [2.45, 2.75) is 34.6 Å². The van der Waals surface area contributed by atoms with Gasteiger partial charge < -0.3 is 0 Å². The van der Waals surface area contributed by atoms with Crippen LogP contribution in [0.5, 0.6) is 0 Å². The molecule has 0 N–H and O–H groups in total. The summed E-state index contributed by atoms with van der Waals surface area (Å²) in [5.74, 6) is 0.667. The Bertz CT molecular complexity index is 177. The smallest absolute Gasteiger partial charge is 0.142 e. The minimum atomic E-state index is -0.0909. The summed E-state index contributed by atoms with van der Waals surface area (Å²) in [7, 11) is 0. The molecule has 0 aromatic heterocycles. The highest BCUT2D eigenvalue weighted by Crippen LogP contribution is 2.56. The molecule has 0 aromatic rings. The van der Waals surface area contributed by atoms with Gasteiger partial charge in [-0.1, -0.05) is 34.6 Å². The van der Waals surface area contributed by atoms with Crippen LogP contribution in [0.2, 0.25) is 0 Å². The van der Waals surface area contributed by atoms with E-state index in [1.165, 1.54) is 0 Å². The van der Waals surface area contributed by atoms with Gasteiger partial charge in [0, 0.05) is 11.3 Å². The maximum atomic E-state index is 11.3. The maximum absolute atomic E-state index is 11.3. The van der Waals surface area contributed by atoms with Gasteiger partial charge in [-0.3, -0.25) is 4.79 Å². The summed E-state index contributed by atoms with van der Waals surface area (Å²) < 4.78 is 0. The fourth-order valence-corrected chi connectivity index (χ4v) is 1.65. The van der Waals surface area contributed by atoms with Crippen LogP contribution in [0.3, 0.4) is 0 Å². The van der Waals surface area contributed by atoms with Gasteiger partial charge in [0.2, 0.25) is 0 Å². The molecule has 1 nitrogen and oxygen atoms in total. The summed E-state index contributed by atoms with van der Waals surface area (Å²) in [6.45, 7) is 10.4. The molecule has 0 radical (unpaired) electrons. The molecule has 1 rings (SSSR count). The molecule has 58 valence electrons. The van der Waals surface area contributed by atoms with Crippen LogP contribution in [-0.2, 0) is 4.79 Å². The summed E-state index contributed by atoms with van der Waals surface area (Å²) in [6, 6.07) is 0. The Labute approximate surface area is 62.8 Å². The van der Waals surface area contributed by atoms with Crippen LogP contribution < -0.4 is 0 Å². The van der Waals surface area contributed by atoms with E-state index >= 15 is 0 Å². The zero-order valence-electron chi connectivity index (χ0n) is 7.49. The first kappa shape index (κ1) is 7.77. The predicted octanol–water partition coefficient (Wildman–Crippen LogP) is 2.26. The highest BCUT2D eigenvalue weighted by Gasteiger charge is 2.59. The van der Waals surface area contributed by atoms with Gasteiger partial charge in [0.1, 0.15) is 5.78 Å². The Balaban J connectivity index is 2.92. The number of rotatable bonds is 0. The van der Waals surface area contributed by atoms with Crippen molar-refractivity contribution in [3.63, 3.8) is 0 Å². The normalized spacial score (nSPS) is 35.3. The molecule has 0 aromatic carbocycles. The third kappa shape index (κ3) is 0.561. The van der Waals surface area contributed by atoms with Gasteiger partial charge in [-0.25, -0.2) is 0 Å². The van der Waals surface area contributed by atoms with Crippen LogP contribution in [0.15, 0.2) is 0 Å². The molecule has 1 saturated carbocycles. The second-order valence-corrected chi connectivity index (χ2v) is 4.43. The fourth-order valence-electron chi connectivity index (χ4n) is 1.65. The van der Waals surface area contributed by atoms with E-state index in [1.54, 1.807) is 0 Å². The third-order valence-corrected chi connectivity index (χ3v) is 3.70. The van der Waals surface area contributed by atoms with Gasteiger partial charge >= 0.3 is 0 Å². The fraction of sp³-hybridized carbons (Fsp3) is 0.889. The molecular weight excluding hydrogens is 124 g/mol. The topological polar surface area (TPSA) is 17.1 Å². The molecule has 0 spiro atoms. The number of ketones is 1. The number of Topliss-reactive ketones (excluding diaryl/α,β-unsaturated/α-hetero) is 1. The highest BCUT2D eigenvalue weighted by molar-refractivity contribution is 5.94. The molecule has 0 saturated heterocycles. The van der Waals surface area contributed by atoms with Crippen molar-refractivity contribution in [2.24, 2.45) is 16.7 Å². The van der Waals surface area contributed by atoms with Gasteiger partial charge in [-0.2, -0.15) is 0 Å². The first-order valence-corrected chi connectivity index (χ1v) is 3.86. The highest BCUT2D eigenvalue weighted by atomic mass is 16.1. The monoisotopic (exact) mass is 140 g/mol. The van der Waals surface area contributed by atoms with E-state index in [2.05, 4.69) is 13.8 Å². The van der Waals surface area contributed by atoms with Gasteiger partial charge in [0.05, 0.1) is 0 Å². The lowest BCUT2D eigenvalue weighted by Gasteiger charge is -2.55. The lowest BCUT2D eigenvalue weighted by molar-refractivity contribution is -0.164. The molecule has 1 aliphatic carbocycles. The quantitative estimate of drug-likeness (QED) is 0.504. The molecule has 1 heteroatoms. The van der Waals surface area contributed by atoms with Crippen molar-refractivity contribution in [3.8, 4) is 0 Å². The van der Waals surface area contributed by atoms with Crippen LogP contribution >= 0.6 is 0 Å². The Morgan fingerprint density at radius 2 is 1.60 bits per heavy atom. The van der Waals surface area contributed by atoms with E-state index in [0.29, 0.717) is 5.78 Å². The predicted molar refractivity (Wildman–Crippen MR) is 41.7 cm³/mol. The van der Waals surface area contributed by atoms with Crippen molar-refractivity contribution in [2.75, 3.05) is 0 Å². The molecule has 10 heavy (non-hydrogen) atoms. The first-order chi connectivity index (χ1) is 4.32. The van der Waals surface area contributed by atoms with Crippen molar-refractivity contribution >= 4 is 5.78 Å².